The molecule has 0 aliphatic rings. The first-order valence-electron chi connectivity index (χ1n) is 8.41. The second-order valence-corrected chi connectivity index (χ2v) is 5.54. The average molecular weight is 385 g/mol. The van der Waals surface area contributed by atoms with Crippen molar-refractivity contribution in [2.24, 2.45) is 0 Å². The maximum absolute atomic E-state index is 12.0. The van der Waals surface area contributed by atoms with E-state index in [1.165, 1.54) is 6.92 Å². The molecule has 0 aromatic heterocycles. The highest BCUT2D eigenvalue weighted by Gasteiger charge is 2.13. The van der Waals surface area contributed by atoms with Crippen molar-refractivity contribution in [3.63, 3.8) is 0 Å². The molecule has 0 fully saturated rings. The third kappa shape index (κ3) is 6.24. The summed E-state index contributed by atoms with van der Waals surface area (Å²) in [5.74, 6) is -1.43. The minimum atomic E-state index is -0.896. The molecule has 146 valence electrons. The van der Waals surface area contributed by atoms with Crippen LogP contribution in [0.4, 0.5) is 4.79 Å². The number of carbonyl (C=O) groups is 4. The summed E-state index contributed by atoms with van der Waals surface area (Å²) in [5.41, 5.74) is 1.96. The number of hydrogen-bond donors (Lipinski definition) is 1. The van der Waals surface area contributed by atoms with Crippen LogP contribution in [0.3, 0.4) is 0 Å². The number of alkyl carbamates (subject to hydrolysis) is 1. The molecule has 0 spiro atoms. The minimum absolute atomic E-state index is 0.123. The van der Waals surface area contributed by atoms with Gasteiger partial charge in [0, 0.05) is 6.92 Å². The van der Waals surface area contributed by atoms with Gasteiger partial charge in [0.1, 0.15) is 5.75 Å². The highest BCUT2D eigenvalue weighted by molar-refractivity contribution is 5.95. The van der Waals surface area contributed by atoms with Gasteiger partial charge in [0.25, 0.3) is 5.91 Å². The first-order chi connectivity index (χ1) is 13.4. The van der Waals surface area contributed by atoms with Crippen LogP contribution in [-0.4, -0.2) is 37.2 Å². The van der Waals surface area contributed by atoms with Gasteiger partial charge in [-0.2, -0.15) is 0 Å². The van der Waals surface area contributed by atoms with Gasteiger partial charge in [-0.1, -0.05) is 24.3 Å². The zero-order valence-electron chi connectivity index (χ0n) is 15.4. The van der Waals surface area contributed by atoms with Crippen molar-refractivity contribution >= 4 is 23.9 Å². The van der Waals surface area contributed by atoms with E-state index in [-0.39, 0.29) is 12.2 Å². The van der Waals surface area contributed by atoms with E-state index < -0.39 is 30.5 Å². The van der Waals surface area contributed by atoms with E-state index in [9.17, 15) is 19.2 Å². The summed E-state index contributed by atoms with van der Waals surface area (Å²) in [7, 11) is 0. The Bertz CT molecular complexity index is 857. The number of nitrogens with one attached hydrogen (secondary N) is 1. The Hall–Kier alpha value is -3.68. The quantitative estimate of drug-likeness (QED) is 0.602. The zero-order valence-corrected chi connectivity index (χ0v) is 15.4. The van der Waals surface area contributed by atoms with Gasteiger partial charge in [0.05, 0.1) is 12.2 Å². The lowest BCUT2D eigenvalue weighted by molar-refractivity contribution is -0.131. The number of rotatable bonds is 6. The van der Waals surface area contributed by atoms with Crippen LogP contribution in [0.1, 0.15) is 24.2 Å². The maximum Gasteiger partial charge on any atom is 0.413 e. The standard InChI is InChI=1S/C20H19NO7/c1-3-26-20(25)21-18(23)12-27-19(24)16-6-4-14(5-7-16)15-8-10-17(11-9-15)28-13(2)22/h4-11H,3,12H2,1-2H3,(H,21,23,25). The van der Waals surface area contributed by atoms with Crippen molar-refractivity contribution in [2.75, 3.05) is 13.2 Å². The number of hydrogen-bond acceptors (Lipinski definition) is 7. The first kappa shape index (κ1) is 20.6. The summed E-state index contributed by atoms with van der Waals surface area (Å²) in [6.45, 7) is 2.45. The van der Waals surface area contributed by atoms with Crippen LogP contribution >= 0.6 is 0 Å². The molecule has 0 heterocycles. The van der Waals surface area contributed by atoms with Crippen molar-refractivity contribution in [1.29, 1.82) is 0 Å². The van der Waals surface area contributed by atoms with Crippen LogP contribution in [0.2, 0.25) is 0 Å². The summed E-state index contributed by atoms with van der Waals surface area (Å²) < 4.78 is 14.4. The lowest BCUT2D eigenvalue weighted by atomic mass is 10.0. The van der Waals surface area contributed by atoms with Gasteiger partial charge in [0.2, 0.25) is 0 Å². The second-order valence-electron chi connectivity index (χ2n) is 5.54. The van der Waals surface area contributed by atoms with Gasteiger partial charge in [-0.25, -0.2) is 9.59 Å². The minimum Gasteiger partial charge on any atom is -0.452 e. The summed E-state index contributed by atoms with van der Waals surface area (Å²) >= 11 is 0. The molecule has 0 bridgehead atoms. The van der Waals surface area contributed by atoms with Crippen molar-refractivity contribution in [3.8, 4) is 16.9 Å². The number of esters is 2. The Kier molecular flexibility index (Phi) is 7.27. The van der Waals surface area contributed by atoms with E-state index in [4.69, 9.17) is 9.47 Å². The lowest BCUT2D eigenvalue weighted by Crippen LogP contribution is -2.34. The summed E-state index contributed by atoms with van der Waals surface area (Å²) in [4.78, 5) is 45.5. The highest BCUT2D eigenvalue weighted by Crippen LogP contribution is 2.23. The van der Waals surface area contributed by atoms with Crippen molar-refractivity contribution < 1.29 is 33.4 Å². The molecule has 8 heteroatoms. The van der Waals surface area contributed by atoms with Crippen LogP contribution in [0.15, 0.2) is 48.5 Å². The van der Waals surface area contributed by atoms with E-state index >= 15 is 0 Å². The van der Waals surface area contributed by atoms with Gasteiger partial charge in [-0.05, 0) is 42.3 Å². The fourth-order valence-corrected chi connectivity index (χ4v) is 2.21. The molecule has 0 atom stereocenters. The molecule has 2 amide bonds. The molecule has 8 nitrogen and oxygen atoms in total. The molecule has 2 rings (SSSR count). The summed E-state index contributed by atoms with van der Waals surface area (Å²) in [6, 6.07) is 13.5. The van der Waals surface area contributed by atoms with E-state index in [0.717, 1.165) is 11.1 Å². The molecule has 0 saturated heterocycles. The van der Waals surface area contributed by atoms with E-state index in [1.54, 1.807) is 55.5 Å². The molecule has 0 radical (unpaired) electrons. The van der Waals surface area contributed by atoms with Crippen LogP contribution < -0.4 is 10.1 Å². The van der Waals surface area contributed by atoms with E-state index in [1.807, 2.05) is 5.32 Å². The smallest absolute Gasteiger partial charge is 0.413 e. The van der Waals surface area contributed by atoms with E-state index in [0.29, 0.717) is 5.75 Å². The number of amides is 2. The second kappa shape index (κ2) is 9.86. The van der Waals surface area contributed by atoms with Gasteiger partial charge in [-0.3, -0.25) is 14.9 Å². The molecule has 0 saturated carbocycles. The Labute approximate surface area is 161 Å². The SMILES string of the molecule is CCOC(=O)NC(=O)COC(=O)c1ccc(-c2ccc(OC(C)=O)cc2)cc1. The number of carbonyl (C=O) groups excluding carboxylic acids is 4. The largest absolute Gasteiger partial charge is 0.452 e. The molecule has 0 aliphatic carbocycles. The molecule has 28 heavy (non-hydrogen) atoms. The molecule has 1 N–H and O–H groups in total. The molecule has 0 aliphatic heterocycles. The van der Waals surface area contributed by atoms with Gasteiger partial charge in [-0.15, -0.1) is 0 Å². The van der Waals surface area contributed by atoms with Gasteiger partial charge >= 0.3 is 18.0 Å². The molecule has 2 aromatic rings. The summed E-state index contributed by atoms with van der Waals surface area (Å²) in [6.07, 6.45) is -0.896. The highest BCUT2D eigenvalue weighted by atomic mass is 16.6. The molecule has 2 aromatic carbocycles. The monoisotopic (exact) mass is 385 g/mol. The topological polar surface area (TPSA) is 108 Å². The Morgan fingerprint density at radius 2 is 1.43 bits per heavy atom. The fraction of sp³-hybridized carbons (Fsp3) is 0.200. The third-order valence-electron chi connectivity index (χ3n) is 3.42. The fourth-order valence-electron chi connectivity index (χ4n) is 2.21. The lowest BCUT2D eigenvalue weighted by Gasteiger charge is -2.07. The van der Waals surface area contributed by atoms with Crippen LogP contribution in [0.5, 0.6) is 5.75 Å². The molecular weight excluding hydrogens is 366 g/mol. The zero-order chi connectivity index (χ0) is 20.5. The van der Waals surface area contributed by atoms with Crippen LogP contribution in [0.25, 0.3) is 11.1 Å². The van der Waals surface area contributed by atoms with Crippen LogP contribution in [-0.2, 0) is 19.1 Å². The van der Waals surface area contributed by atoms with Gasteiger partial charge < -0.3 is 14.2 Å². The summed E-state index contributed by atoms with van der Waals surface area (Å²) in [5, 5.41) is 1.93. The number of benzene rings is 2. The third-order valence-corrected chi connectivity index (χ3v) is 3.42. The maximum atomic E-state index is 12.0. The Morgan fingerprint density at radius 1 is 0.857 bits per heavy atom. The number of imide groups is 1. The molecule has 0 unspecified atom stereocenters. The predicted octanol–water partition coefficient (Wildman–Crippen LogP) is 2.71. The average Bonchev–Trinajstić information content (AvgIpc) is 2.66. The normalized spacial score (nSPS) is 9.93. The molecular formula is C20H19NO7. The van der Waals surface area contributed by atoms with Crippen molar-refractivity contribution in [3.05, 3.63) is 54.1 Å². The predicted molar refractivity (Wildman–Crippen MR) is 98.6 cm³/mol. The first-order valence-corrected chi connectivity index (χ1v) is 8.41. The Balaban J connectivity index is 1.92. The van der Waals surface area contributed by atoms with E-state index in [2.05, 4.69) is 4.74 Å². The number of ether oxygens (including phenoxy) is 3. The van der Waals surface area contributed by atoms with Gasteiger partial charge in [0.15, 0.2) is 6.61 Å². The van der Waals surface area contributed by atoms with Crippen molar-refractivity contribution in [2.45, 2.75) is 13.8 Å². The Morgan fingerprint density at radius 3 is 1.96 bits per heavy atom. The van der Waals surface area contributed by atoms with Crippen molar-refractivity contribution in [1.82, 2.24) is 5.32 Å². The van der Waals surface area contributed by atoms with Crippen LogP contribution in [0, 0.1) is 0 Å².